The molecule has 4 rings (SSSR count). The molecule has 0 saturated heterocycles. The topological polar surface area (TPSA) is 121 Å². The van der Waals surface area contributed by atoms with Gasteiger partial charge in [0.2, 0.25) is 0 Å². The standard InChI is InChI=1S/C21H29N5O4S3/c1-11(2)13-8-16(30-9-13)17(12(3)4)23-20-19(24-32-25-20)22-15-10-31-21(18(15)27)33(28,29)26(5)14-6-7-14/h8-12,14,17,27H,6-7H2,1-5H3,(H,22,24)(H,23,25)/t17-/m1/s1. The van der Waals surface area contributed by atoms with Gasteiger partial charge in [0.15, 0.2) is 21.6 Å². The lowest BCUT2D eigenvalue weighted by molar-refractivity contribution is 0.420. The van der Waals surface area contributed by atoms with E-state index in [1.54, 1.807) is 18.7 Å². The zero-order chi connectivity index (χ0) is 23.9. The van der Waals surface area contributed by atoms with Crippen molar-refractivity contribution >= 4 is 50.4 Å². The minimum atomic E-state index is -3.75. The van der Waals surface area contributed by atoms with Gasteiger partial charge < -0.3 is 20.2 Å². The molecule has 1 aliphatic rings. The van der Waals surface area contributed by atoms with Gasteiger partial charge in [-0.25, -0.2) is 8.42 Å². The molecule has 0 aromatic carbocycles. The Balaban J connectivity index is 1.55. The third-order valence-electron chi connectivity index (χ3n) is 5.72. The van der Waals surface area contributed by atoms with E-state index in [-0.39, 0.29) is 33.6 Å². The van der Waals surface area contributed by atoms with Gasteiger partial charge in [0.1, 0.15) is 5.76 Å². The van der Waals surface area contributed by atoms with Crippen molar-refractivity contribution in [3.8, 4) is 5.75 Å². The summed E-state index contributed by atoms with van der Waals surface area (Å²) in [6, 6.07) is 1.92. The first kappa shape index (κ1) is 24.0. The van der Waals surface area contributed by atoms with E-state index in [0.29, 0.717) is 17.6 Å². The van der Waals surface area contributed by atoms with Crippen molar-refractivity contribution in [1.29, 1.82) is 0 Å². The molecule has 0 bridgehead atoms. The highest BCUT2D eigenvalue weighted by atomic mass is 32.2. The Morgan fingerprint density at radius 1 is 1.21 bits per heavy atom. The molecule has 1 fully saturated rings. The lowest BCUT2D eigenvalue weighted by Crippen LogP contribution is -2.28. The Labute approximate surface area is 202 Å². The minimum absolute atomic E-state index is 0.0113. The van der Waals surface area contributed by atoms with Crippen molar-refractivity contribution in [3.63, 3.8) is 0 Å². The first-order valence-corrected chi connectivity index (χ1v) is 13.9. The quantitative estimate of drug-likeness (QED) is 0.333. The van der Waals surface area contributed by atoms with E-state index in [1.807, 2.05) is 6.07 Å². The molecule has 0 radical (unpaired) electrons. The van der Waals surface area contributed by atoms with E-state index in [2.05, 4.69) is 47.1 Å². The fraction of sp³-hybridized carbons (Fsp3) is 0.524. The normalized spacial score (nSPS) is 15.5. The van der Waals surface area contributed by atoms with Crippen LogP contribution >= 0.6 is 23.1 Å². The molecule has 0 spiro atoms. The summed E-state index contributed by atoms with van der Waals surface area (Å²) in [4.78, 5) is 0. The van der Waals surface area contributed by atoms with E-state index in [0.717, 1.165) is 47.2 Å². The van der Waals surface area contributed by atoms with E-state index < -0.39 is 10.0 Å². The summed E-state index contributed by atoms with van der Waals surface area (Å²) in [5.41, 5.74) is 1.40. The number of hydrogen-bond acceptors (Lipinski definition) is 10. The predicted octanol–water partition coefficient (Wildman–Crippen LogP) is 5.36. The van der Waals surface area contributed by atoms with Crippen LogP contribution < -0.4 is 10.6 Å². The van der Waals surface area contributed by atoms with Gasteiger partial charge in [0.25, 0.3) is 10.0 Å². The molecule has 0 unspecified atom stereocenters. The minimum Gasteiger partial charge on any atom is -0.504 e. The van der Waals surface area contributed by atoms with E-state index in [9.17, 15) is 13.5 Å². The molecular formula is C21H29N5O4S3. The molecule has 1 saturated carbocycles. The molecule has 9 nitrogen and oxygen atoms in total. The molecule has 33 heavy (non-hydrogen) atoms. The van der Waals surface area contributed by atoms with Crippen molar-refractivity contribution in [2.75, 3.05) is 17.7 Å². The maximum absolute atomic E-state index is 12.8. The first-order chi connectivity index (χ1) is 15.6. The number of thiophene rings is 1. The zero-order valence-corrected chi connectivity index (χ0v) is 21.6. The summed E-state index contributed by atoms with van der Waals surface area (Å²) < 4.78 is 41.4. The van der Waals surface area contributed by atoms with Crippen LogP contribution in [0.5, 0.6) is 5.75 Å². The van der Waals surface area contributed by atoms with Gasteiger partial charge in [-0.3, -0.25) is 0 Å². The molecule has 3 heterocycles. The average molecular weight is 512 g/mol. The van der Waals surface area contributed by atoms with Gasteiger partial charge in [-0.05, 0) is 36.3 Å². The molecule has 180 valence electrons. The van der Waals surface area contributed by atoms with Crippen molar-refractivity contribution in [2.45, 2.75) is 62.7 Å². The van der Waals surface area contributed by atoms with Crippen LogP contribution in [-0.4, -0.2) is 39.7 Å². The van der Waals surface area contributed by atoms with Gasteiger partial charge in [-0.1, -0.05) is 27.7 Å². The molecule has 3 N–H and O–H groups in total. The molecule has 3 aromatic heterocycles. The molecule has 0 amide bonds. The first-order valence-electron chi connectivity index (χ1n) is 10.8. The monoisotopic (exact) mass is 511 g/mol. The second-order valence-corrected chi connectivity index (χ2v) is 12.5. The summed E-state index contributed by atoms with van der Waals surface area (Å²) >= 11 is 2.00. The van der Waals surface area contributed by atoms with Crippen molar-refractivity contribution < 1.29 is 17.9 Å². The SMILES string of the molecule is CC(C)c1coc([C@H](Nc2nsnc2Nc2csc(S(=O)(=O)N(C)C3CC3)c2O)C(C)C)c1. The highest BCUT2D eigenvalue weighted by Gasteiger charge is 2.38. The fourth-order valence-corrected chi connectivity index (χ4v) is 6.71. The number of sulfonamides is 1. The zero-order valence-electron chi connectivity index (χ0n) is 19.2. The highest BCUT2D eigenvalue weighted by Crippen LogP contribution is 2.43. The lowest BCUT2D eigenvalue weighted by Gasteiger charge is -2.20. The second kappa shape index (κ2) is 9.24. The Bertz CT molecular complexity index is 1210. The number of aromatic hydroxyl groups is 1. The van der Waals surface area contributed by atoms with Crippen LogP contribution in [-0.2, 0) is 10.0 Å². The van der Waals surface area contributed by atoms with Crippen LogP contribution in [0, 0.1) is 5.92 Å². The number of hydrogen-bond donors (Lipinski definition) is 3. The van der Waals surface area contributed by atoms with Gasteiger partial charge in [0.05, 0.1) is 29.7 Å². The van der Waals surface area contributed by atoms with Crippen LogP contribution in [0.1, 0.15) is 63.8 Å². The number of furan rings is 1. The highest BCUT2D eigenvalue weighted by molar-refractivity contribution is 7.91. The largest absolute Gasteiger partial charge is 0.504 e. The van der Waals surface area contributed by atoms with Crippen LogP contribution in [0.25, 0.3) is 0 Å². The van der Waals surface area contributed by atoms with Crippen LogP contribution in [0.4, 0.5) is 17.3 Å². The second-order valence-electron chi connectivity index (χ2n) is 8.93. The number of aromatic nitrogens is 2. The Hall–Kier alpha value is -2.15. The van der Waals surface area contributed by atoms with Crippen LogP contribution in [0.2, 0.25) is 0 Å². The maximum atomic E-state index is 12.8. The van der Waals surface area contributed by atoms with Gasteiger partial charge in [0, 0.05) is 18.5 Å². The fourth-order valence-electron chi connectivity index (χ4n) is 3.41. The molecule has 0 aliphatic heterocycles. The van der Waals surface area contributed by atoms with Crippen LogP contribution in [0.15, 0.2) is 26.3 Å². The third-order valence-corrected chi connectivity index (χ3v) is 9.65. The lowest BCUT2D eigenvalue weighted by atomic mass is 9.99. The Morgan fingerprint density at radius 3 is 2.52 bits per heavy atom. The summed E-state index contributed by atoms with van der Waals surface area (Å²) in [5, 5.41) is 18.7. The average Bonchev–Trinajstić information content (AvgIpc) is 3.13. The summed E-state index contributed by atoms with van der Waals surface area (Å²) in [6.07, 6.45) is 3.47. The predicted molar refractivity (Wildman–Crippen MR) is 131 cm³/mol. The summed E-state index contributed by atoms with van der Waals surface area (Å²) in [7, 11) is -2.19. The third kappa shape index (κ3) is 4.88. The smallest absolute Gasteiger partial charge is 0.256 e. The maximum Gasteiger partial charge on any atom is 0.256 e. The summed E-state index contributed by atoms with van der Waals surface area (Å²) in [6.45, 7) is 8.40. The van der Waals surface area contributed by atoms with Crippen molar-refractivity contribution in [1.82, 2.24) is 13.1 Å². The Morgan fingerprint density at radius 2 is 1.91 bits per heavy atom. The molecule has 1 atom stereocenters. The van der Waals surface area contributed by atoms with E-state index >= 15 is 0 Å². The number of rotatable bonds is 10. The molecular weight excluding hydrogens is 482 g/mol. The number of anilines is 3. The van der Waals surface area contributed by atoms with Gasteiger partial charge in [-0.15, -0.1) is 11.3 Å². The van der Waals surface area contributed by atoms with E-state index in [1.165, 1.54) is 4.31 Å². The van der Waals surface area contributed by atoms with Gasteiger partial charge >= 0.3 is 0 Å². The van der Waals surface area contributed by atoms with Gasteiger partial charge in [-0.2, -0.15) is 13.1 Å². The molecule has 3 aromatic rings. The van der Waals surface area contributed by atoms with E-state index in [4.69, 9.17) is 4.42 Å². The molecule has 12 heteroatoms. The molecule has 1 aliphatic carbocycles. The van der Waals surface area contributed by atoms with Crippen molar-refractivity contribution in [2.24, 2.45) is 5.92 Å². The Kier molecular flexibility index (Phi) is 6.72. The van der Waals surface area contributed by atoms with Crippen molar-refractivity contribution in [3.05, 3.63) is 29.0 Å². The number of nitrogens with one attached hydrogen (secondary N) is 2. The summed E-state index contributed by atoms with van der Waals surface area (Å²) in [5.74, 6) is 1.98. The van der Waals surface area contributed by atoms with Crippen LogP contribution in [0.3, 0.4) is 0 Å². The number of nitrogens with zero attached hydrogens (tertiary/aromatic N) is 3.